The molecule has 1 fully saturated rings. The fourth-order valence-corrected chi connectivity index (χ4v) is 3.83. The summed E-state index contributed by atoms with van der Waals surface area (Å²) < 4.78 is 45.6. The number of ether oxygens (including phenoxy) is 1. The third-order valence-electron chi connectivity index (χ3n) is 5.68. The summed E-state index contributed by atoms with van der Waals surface area (Å²) in [4.78, 5) is 23.9. The zero-order valence-electron chi connectivity index (χ0n) is 17.6. The van der Waals surface area contributed by atoms with Gasteiger partial charge in [-0.15, -0.1) is 0 Å². The van der Waals surface area contributed by atoms with Gasteiger partial charge in [0.25, 0.3) is 5.69 Å². The number of nitro benzene ring substituents is 1. The number of non-ortho nitro benzene ring substituents is 1. The highest BCUT2D eigenvalue weighted by atomic mass is 19.4. The molecule has 0 unspecified atom stereocenters. The molecule has 2 aliphatic rings. The van der Waals surface area contributed by atoms with E-state index < -0.39 is 22.4 Å². The number of allylic oxidation sites excluding steroid dienone is 1. The van der Waals surface area contributed by atoms with E-state index in [4.69, 9.17) is 4.74 Å². The second kappa shape index (κ2) is 8.02. The van der Waals surface area contributed by atoms with Crippen LogP contribution in [0.4, 0.5) is 18.9 Å². The number of alkyl halides is 3. The van der Waals surface area contributed by atoms with Crippen molar-refractivity contribution in [2.45, 2.75) is 25.1 Å². The summed E-state index contributed by atoms with van der Waals surface area (Å²) in [6.45, 7) is 0. The Bertz CT molecular complexity index is 1400. The number of ketones is 1. The van der Waals surface area contributed by atoms with E-state index in [0.29, 0.717) is 16.3 Å². The summed E-state index contributed by atoms with van der Waals surface area (Å²) in [6, 6.07) is 14.2. The molecule has 5 rings (SSSR count). The number of carbonyl (C=O) groups excluding carboxylic acids is 1. The highest BCUT2D eigenvalue weighted by molar-refractivity contribution is 6.31. The van der Waals surface area contributed by atoms with Crippen molar-refractivity contribution in [2.24, 2.45) is 0 Å². The minimum absolute atomic E-state index is 0.0404. The smallest absolute Gasteiger partial charge is 0.416 e. The number of carbonyl (C=O) groups is 1. The monoisotopic (exact) mass is 466 g/mol. The first-order valence-electron chi connectivity index (χ1n) is 10.5. The minimum Gasteiger partial charge on any atom is -0.436 e. The van der Waals surface area contributed by atoms with Gasteiger partial charge in [0.1, 0.15) is 0 Å². The quantitative estimate of drug-likeness (QED) is 0.291. The van der Waals surface area contributed by atoms with Gasteiger partial charge in [-0.3, -0.25) is 14.9 Å². The zero-order chi connectivity index (χ0) is 24.0. The van der Waals surface area contributed by atoms with Gasteiger partial charge in [-0.05, 0) is 59.0 Å². The third-order valence-corrected chi connectivity index (χ3v) is 5.68. The van der Waals surface area contributed by atoms with Crippen LogP contribution in [0.25, 0.3) is 22.4 Å². The summed E-state index contributed by atoms with van der Waals surface area (Å²) in [5.41, 5.74) is -0.175. The Morgan fingerprint density at radius 3 is 2.53 bits per heavy atom. The Kier molecular flexibility index (Phi) is 5.11. The average Bonchev–Trinajstić information content (AvgIpc) is 3.56. The molecule has 1 saturated carbocycles. The minimum atomic E-state index is -4.55. The molecule has 0 atom stereocenters. The molecule has 0 amide bonds. The summed E-state index contributed by atoms with van der Waals surface area (Å²) in [6.07, 6.45) is -1.30. The number of halogens is 3. The first-order chi connectivity index (χ1) is 16.2. The van der Waals surface area contributed by atoms with Gasteiger partial charge in [-0.2, -0.15) is 13.2 Å². The molecule has 0 bridgehead atoms. The number of benzene rings is 3. The lowest BCUT2D eigenvalue weighted by Crippen LogP contribution is -2.16. The highest BCUT2D eigenvalue weighted by Crippen LogP contribution is 2.37. The van der Waals surface area contributed by atoms with Crippen molar-refractivity contribution in [3.8, 4) is 0 Å². The van der Waals surface area contributed by atoms with Gasteiger partial charge in [0, 0.05) is 18.2 Å². The number of hydrogen-bond donors (Lipinski definition) is 1. The second-order valence-corrected chi connectivity index (χ2v) is 8.15. The van der Waals surface area contributed by atoms with Crippen molar-refractivity contribution >= 4 is 33.9 Å². The molecule has 1 aliphatic carbocycles. The van der Waals surface area contributed by atoms with Gasteiger partial charge in [0.15, 0.2) is 5.76 Å². The normalized spacial score (nSPS) is 17.4. The largest absolute Gasteiger partial charge is 0.436 e. The van der Waals surface area contributed by atoms with Crippen LogP contribution in [0.2, 0.25) is 0 Å². The number of nitrogens with zero attached hydrogens (tertiary/aromatic N) is 1. The van der Waals surface area contributed by atoms with Crippen LogP contribution >= 0.6 is 0 Å². The van der Waals surface area contributed by atoms with E-state index in [1.807, 2.05) is 0 Å². The molecule has 3 aromatic rings. The fraction of sp³-hybridized carbons (Fsp3) is 0.160. The van der Waals surface area contributed by atoms with Crippen LogP contribution in [0.5, 0.6) is 0 Å². The maximum absolute atomic E-state index is 13.3. The van der Waals surface area contributed by atoms with Crippen molar-refractivity contribution in [2.75, 3.05) is 0 Å². The molecule has 0 saturated heterocycles. The zero-order valence-corrected chi connectivity index (χ0v) is 17.6. The summed E-state index contributed by atoms with van der Waals surface area (Å²) in [5.74, 6) is -0.447. The van der Waals surface area contributed by atoms with Crippen LogP contribution in [-0.2, 0) is 15.7 Å². The van der Waals surface area contributed by atoms with Gasteiger partial charge in [-0.25, -0.2) is 0 Å². The van der Waals surface area contributed by atoms with Gasteiger partial charge in [0.05, 0.1) is 16.1 Å². The summed E-state index contributed by atoms with van der Waals surface area (Å²) in [5, 5.41) is 15.5. The molecule has 0 spiro atoms. The van der Waals surface area contributed by atoms with E-state index in [-0.39, 0.29) is 34.5 Å². The van der Waals surface area contributed by atoms with E-state index in [2.05, 4.69) is 5.32 Å². The van der Waals surface area contributed by atoms with Gasteiger partial charge in [0.2, 0.25) is 11.7 Å². The number of hydrogen-bond acceptors (Lipinski definition) is 5. The molecule has 1 heterocycles. The number of Topliss-reactive ketones (excluding diaryl/α,β-unsaturated/α-hetero) is 1. The van der Waals surface area contributed by atoms with Crippen molar-refractivity contribution in [1.82, 2.24) is 5.32 Å². The van der Waals surface area contributed by atoms with Crippen LogP contribution in [0.1, 0.15) is 29.5 Å². The average molecular weight is 466 g/mol. The molecule has 9 heteroatoms. The Morgan fingerprint density at radius 2 is 1.82 bits per heavy atom. The van der Waals surface area contributed by atoms with Gasteiger partial charge in [-0.1, -0.05) is 30.3 Å². The van der Waals surface area contributed by atoms with E-state index in [0.717, 1.165) is 25.0 Å². The predicted octanol–water partition coefficient (Wildman–Crippen LogP) is 5.83. The van der Waals surface area contributed by atoms with Crippen LogP contribution in [0.15, 0.2) is 72.3 Å². The fourth-order valence-electron chi connectivity index (χ4n) is 3.83. The lowest BCUT2D eigenvalue weighted by Gasteiger charge is -2.10. The lowest BCUT2D eigenvalue weighted by atomic mass is 9.98. The Balaban J connectivity index is 1.56. The first kappa shape index (κ1) is 21.7. The number of nitrogens with one attached hydrogen (secondary N) is 1. The Labute approximate surface area is 191 Å². The van der Waals surface area contributed by atoms with Crippen LogP contribution < -0.4 is 5.32 Å². The van der Waals surface area contributed by atoms with E-state index >= 15 is 0 Å². The first-order valence-corrected chi connectivity index (χ1v) is 10.5. The molecular weight excluding hydrogens is 449 g/mol. The number of rotatable bonds is 5. The molecule has 1 aliphatic heterocycles. The number of fused-ring (bicyclic) bond motifs is 1. The van der Waals surface area contributed by atoms with E-state index in [9.17, 15) is 28.1 Å². The summed E-state index contributed by atoms with van der Waals surface area (Å²) in [7, 11) is 0. The van der Waals surface area contributed by atoms with Crippen LogP contribution in [0.3, 0.4) is 0 Å². The standard InChI is InChI=1S/C25H17F3N2O4/c26-25(27,28)17-6-2-5-16(11-17)22-23(31)21(34-24(22)29-18-7-8-18)13-15-4-1-3-14-12-19(30(32)33)9-10-20(14)15/h1-6,9-13,18,29H,7-8H2/b21-13+. The van der Waals surface area contributed by atoms with Gasteiger partial charge < -0.3 is 10.1 Å². The highest BCUT2D eigenvalue weighted by Gasteiger charge is 2.37. The third kappa shape index (κ3) is 4.12. The maximum Gasteiger partial charge on any atom is 0.416 e. The van der Waals surface area contributed by atoms with Crippen molar-refractivity contribution in [3.05, 3.63) is 99.1 Å². The molecule has 34 heavy (non-hydrogen) atoms. The van der Waals surface area contributed by atoms with Gasteiger partial charge >= 0.3 is 6.18 Å². The molecule has 0 radical (unpaired) electrons. The topological polar surface area (TPSA) is 81.5 Å². The van der Waals surface area contributed by atoms with Crippen LogP contribution in [0, 0.1) is 10.1 Å². The second-order valence-electron chi connectivity index (χ2n) is 8.15. The van der Waals surface area contributed by atoms with E-state index in [1.54, 1.807) is 24.3 Å². The molecule has 1 N–H and O–H groups in total. The van der Waals surface area contributed by atoms with Crippen molar-refractivity contribution in [3.63, 3.8) is 0 Å². The maximum atomic E-state index is 13.3. The Hall–Kier alpha value is -4.14. The molecule has 0 aromatic heterocycles. The van der Waals surface area contributed by atoms with Crippen molar-refractivity contribution < 1.29 is 27.6 Å². The number of nitro groups is 1. The van der Waals surface area contributed by atoms with Crippen molar-refractivity contribution in [1.29, 1.82) is 0 Å². The molecule has 3 aromatic carbocycles. The lowest BCUT2D eigenvalue weighted by molar-refractivity contribution is -0.384. The predicted molar refractivity (Wildman–Crippen MR) is 119 cm³/mol. The molecule has 6 nitrogen and oxygen atoms in total. The van der Waals surface area contributed by atoms with E-state index in [1.165, 1.54) is 30.3 Å². The van der Waals surface area contributed by atoms with Crippen LogP contribution in [-0.4, -0.2) is 16.7 Å². The Morgan fingerprint density at radius 1 is 1.06 bits per heavy atom. The molecule has 172 valence electrons. The molecular formula is C25H17F3N2O4. The summed E-state index contributed by atoms with van der Waals surface area (Å²) >= 11 is 0. The SMILES string of the molecule is O=C1C(c2cccc(C(F)(F)F)c2)=C(NC2CC2)O/C1=C/c1cccc2cc([N+](=O)[O-])ccc12.